The predicted octanol–water partition coefficient (Wildman–Crippen LogP) is 2.53. The van der Waals surface area contributed by atoms with Gasteiger partial charge in [0, 0.05) is 48.6 Å². The smallest absolute Gasteiger partial charge is 0.252 e. The number of hydrogen-bond acceptors (Lipinski definition) is 6. The number of nitrogens with one attached hydrogen (secondary N) is 2. The van der Waals surface area contributed by atoms with Crippen molar-refractivity contribution in [2.45, 2.75) is 50.6 Å². The van der Waals surface area contributed by atoms with Gasteiger partial charge in [-0.25, -0.2) is 12.8 Å². The van der Waals surface area contributed by atoms with Crippen molar-refractivity contribution in [1.29, 1.82) is 0 Å². The van der Waals surface area contributed by atoms with Crippen molar-refractivity contribution in [3.8, 4) is 5.75 Å². The average molecular weight is 450 g/mol. The highest BCUT2D eigenvalue weighted by Gasteiger charge is 2.39. The Bertz CT molecular complexity index is 1030. The quantitative estimate of drug-likeness (QED) is 0.643. The first-order chi connectivity index (χ1) is 14.6. The summed E-state index contributed by atoms with van der Waals surface area (Å²) in [5.74, 6) is -0.831. The van der Waals surface area contributed by atoms with Crippen LogP contribution in [0.15, 0.2) is 42.6 Å². The molecule has 2 aromatic rings. The number of sulfone groups is 1. The van der Waals surface area contributed by atoms with Crippen molar-refractivity contribution in [2.75, 3.05) is 12.3 Å². The molecule has 1 aromatic carbocycles. The van der Waals surface area contributed by atoms with Crippen LogP contribution in [0.1, 0.15) is 44.5 Å². The fourth-order valence-corrected chi connectivity index (χ4v) is 4.73. The summed E-state index contributed by atoms with van der Waals surface area (Å²) in [4.78, 5) is 17.1. The Morgan fingerprint density at radius 3 is 2.77 bits per heavy atom. The van der Waals surface area contributed by atoms with Crippen LogP contribution in [0.4, 0.5) is 4.39 Å². The fourth-order valence-electron chi connectivity index (χ4n) is 3.62. The molecule has 0 saturated heterocycles. The number of pyridine rings is 1. The number of hydrogen-bond donors (Lipinski definition) is 2. The van der Waals surface area contributed by atoms with Crippen LogP contribution in [0.25, 0.3) is 0 Å². The number of aromatic nitrogens is 1. The van der Waals surface area contributed by atoms with Gasteiger partial charge in [-0.15, -0.1) is 0 Å². The first-order valence-corrected chi connectivity index (χ1v) is 12.0. The lowest BCUT2D eigenvalue weighted by Crippen LogP contribution is -2.53. The molecule has 2 atom stereocenters. The van der Waals surface area contributed by atoms with Gasteiger partial charge in [0.1, 0.15) is 17.2 Å². The Kier molecular flexibility index (Phi) is 6.96. The van der Waals surface area contributed by atoms with Crippen molar-refractivity contribution in [1.82, 2.24) is 15.6 Å². The summed E-state index contributed by atoms with van der Waals surface area (Å²) in [6, 6.07) is 9.04. The van der Waals surface area contributed by atoms with Gasteiger partial charge in [0.2, 0.25) is 0 Å². The minimum atomic E-state index is -3.78. The highest BCUT2D eigenvalue weighted by atomic mass is 32.2. The lowest BCUT2D eigenvalue weighted by molar-refractivity contribution is -0.121. The third-order valence-corrected chi connectivity index (χ3v) is 7.06. The maximum atomic E-state index is 13.9. The lowest BCUT2D eigenvalue weighted by atomic mass is 9.89. The number of halogens is 1. The number of carbonyl (C=O) groups is 1. The molecule has 3 rings (SSSR count). The van der Waals surface area contributed by atoms with Crippen LogP contribution in [0, 0.1) is 5.82 Å². The molecule has 1 amide bonds. The summed E-state index contributed by atoms with van der Waals surface area (Å²) >= 11 is 0. The number of amides is 1. The van der Waals surface area contributed by atoms with Crippen molar-refractivity contribution in [2.24, 2.45) is 0 Å². The minimum absolute atomic E-state index is 0.207. The second-order valence-corrected chi connectivity index (χ2v) is 10.5. The number of fused-ring (bicyclic) bond motifs is 1. The molecule has 2 unspecified atom stereocenters. The topological polar surface area (TPSA) is 97.4 Å². The largest absolute Gasteiger partial charge is 0.487 e. The van der Waals surface area contributed by atoms with E-state index in [9.17, 15) is 17.6 Å². The molecule has 1 aromatic heterocycles. The molecular formula is C22H28FN3O4S. The Labute approximate surface area is 182 Å². The number of rotatable bonds is 8. The van der Waals surface area contributed by atoms with Gasteiger partial charge in [-0.1, -0.05) is 13.0 Å². The van der Waals surface area contributed by atoms with Crippen molar-refractivity contribution in [3.63, 3.8) is 0 Å². The number of nitrogens with zero attached hydrogens (tertiary/aromatic N) is 1. The van der Waals surface area contributed by atoms with E-state index >= 15 is 0 Å². The zero-order valence-electron chi connectivity index (χ0n) is 17.9. The first kappa shape index (κ1) is 23.1. The third kappa shape index (κ3) is 5.80. The van der Waals surface area contributed by atoms with Crippen LogP contribution in [-0.2, 0) is 21.1 Å². The van der Waals surface area contributed by atoms with Crippen molar-refractivity contribution in [3.05, 3.63) is 59.7 Å². The van der Waals surface area contributed by atoms with Gasteiger partial charge in [-0.2, -0.15) is 0 Å². The highest BCUT2D eigenvalue weighted by molar-refractivity contribution is 7.92. The van der Waals surface area contributed by atoms with Gasteiger partial charge < -0.3 is 10.1 Å². The minimum Gasteiger partial charge on any atom is -0.487 e. The summed E-state index contributed by atoms with van der Waals surface area (Å²) in [5, 5.41) is 4.20. The molecule has 0 fully saturated rings. The molecule has 0 bridgehead atoms. The maximum Gasteiger partial charge on any atom is 0.252 e. The van der Waals surface area contributed by atoms with Gasteiger partial charge in [0.05, 0.1) is 0 Å². The third-order valence-electron chi connectivity index (χ3n) is 5.19. The van der Waals surface area contributed by atoms with E-state index in [1.165, 1.54) is 25.1 Å². The van der Waals surface area contributed by atoms with E-state index in [4.69, 9.17) is 4.74 Å². The average Bonchev–Trinajstić information content (AvgIpc) is 2.72. The van der Waals surface area contributed by atoms with Crippen LogP contribution in [-0.4, -0.2) is 42.6 Å². The second kappa shape index (κ2) is 9.32. The van der Waals surface area contributed by atoms with E-state index in [1.807, 2.05) is 26.0 Å². The van der Waals surface area contributed by atoms with E-state index in [2.05, 4.69) is 15.6 Å². The van der Waals surface area contributed by atoms with E-state index in [-0.39, 0.29) is 12.3 Å². The van der Waals surface area contributed by atoms with Crippen LogP contribution in [0.5, 0.6) is 5.75 Å². The summed E-state index contributed by atoms with van der Waals surface area (Å²) in [5.41, 5.74) is 0.677. The molecule has 0 saturated carbocycles. The lowest BCUT2D eigenvalue weighted by Gasteiger charge is -2.39. The molecule has 2 heterocycles. The molecule has 0 spiro atoms. The molecule has 2 N–H and O–H groups in total. The Balaban J connectivity index is 1.80. The maximum absolute atomic E-state index is 13.9. The zero-order valence-corrected chi connectivity index (χ0v) is 18.7. The van der Waals surface area contributed by atoms with Gasteiger partial charge in [0.15, 0.2) is 15.2 Å². The van der Waals surface area contributed by atoms with E-state index < -0.39 is 38.6 Å². The van der Waals surface area contributed by atoms with Gasteiger partial charge >= 0.3 is 0 Å². The van der Waals surface area contributed by atoms with Gasteiger partial charge in [-0.3, -0.25) is 15.1 Å². The number of carbonyl (C=O) groups excluding carboxylic acids is 1. The molecule has 1 aliphatic rings. The second-order valence-electron chi connectivity index (χ2n) is 8.16. The summed E-state index contributed by atoms with van der Waals surface area (Å²) in [6.07, 6.45) is 2.51. The zero-order chi connectivity index (χ0) is 22.6. The molecule has 7 nitrogen and oxygen atoms in total. The predicted molar refractivity (Wildman–Crippen MR) is 116 cm³/mol. The monoisotopic (exact) mass is 449 g/mol. The van der Waals surface area contributed by atoms with Crippen LogP contribution >= 0.6 is 0 Å². The molecular weight excluding hydrogens is 421 g/mol. The molecule has 0 radical (unpaired) electrons. The summed E-state index contributed by atoms with van der Waals surface area (Å²) < 4.78 is 45.3. The van der Waals surface area contributed by atoms with Crippen LogP contribution < -0.4 is 15.4 Å². The molecule has 9 heteroatoms. The summed E-state index contributed by atoms with van der Waals surface area (Å²) in [6.45, 7) is 5.47. The normalized spacial score (nSPS) is 18.5. The first-order valence-electron chi connectivity index (χ1n) is 10.2. The van der Waals surface area contributed by atoms with Gasteiger partial charge in [0.25, 0.3) is 5.91 Å². The van der Waals surface area contributed by atoms with E-state index in [0.717, 1.165) is 5.69 Å². The Morgan fingerprint density at radius 1 is 1.32 bits per heavy atom. The molecule has 168 valence electrons. The van der Waals surface area contributed by atoms with E-state index in [0.29, 0.717) is 24.2 Å². The fraction of sp³-hybridized carbons (Fsp3) is 0.455. The summed E-state index contributed by atoms with van der Waals surface area (Å²) in [7, 11) is -3.78. The Morgan fingerprint density at radius 2 is 2.10 bits per heavy atom. The number of ether oxygens (including phenoxy) is 1. The number of benzene rings is 1. The van der Waals surface area contributed by atoms with Crippen molar-refractivity contribution < 1.29 is 22.3 Å². The van der Waals surface area contributed by atoms with Crippen molar-refractivity contribution >= 4 is 15.7 Å². The standard InChI is InChI=1S/C22H28FN3O4S/c1-4-31(28,29)21(20(27)25-12-10-16-7-5-6-11-24-16)26-18-14-22(2,3)30-19-9-8-15(23)13-17(18)19/h5-9,11,13,18,21,26H,4,10,12,14H2,1-3H3,(H,25,27). The molecule has 0 aliphatic carbocycles. The van der Waals surface area contributed by atoms with Gasteiger partial charge in [-0.05, 0) is 44.2 Å². The highest BCUT2D eigenvalue weighted by Crippen LogP contribution is 2.40. The van der Waals surface area contributed by atoms with Crippen LogP contribution in [0.3, 0.4) is 0 Å². The van der Waals surface area contributed by atoms with E-state index in [1.54, 1.807) is 12.3 Å². The SMILES string of the molecule is CCS(=O)(=O)C(NC1CC(C)(C)Oc2ccc(F)cc21)C(=O)NCCc1ccccn1. The van der Waals surface area contributed by atoms with Crippen LogP contribution in [0.2, 0.25) is 0 Å². The molecule has 31 heavy (non-hydrogen) atoms. The molecule has 1 aliphatic heterocycles. The Hall–Kier alpha value is -2.52.